The monoisotopic (exact) mass is 295 g/mol. The summed E-state index contributed by atoms with van der Waals surface area (Å²) >= 11 is 0. The molecular weight excluding hydrogens is 278 g/mol. The van der Waals surface area contributed by atoms with Crippen LogP contribution in [-0.4, -0.2) is 13.0 Å². The fourth-order valence-corrected chi connectivity index (χ4v) is 2.45. The van der Waals surface area contributed by atoms with Crippen molar-refractivity contribution >= 4 is 22.6 Å². The molecule has 0 fully saturated rings. The first kappa shape index (κ1) is 14.2. The lowest BCUT2D eigenvalue weighted by atomic mass is 10.1. The van der Waals surface area contributed by atoms with Gasteiger partial charge in [0.05, 0.1) is 7.11 Å². The second-order valence-corrected chi connectivity index (χ2v) is 5.26. The van der Waals surface area contributed by atoms with Crippen LogP contribution in [-0.2, 0) is 0 Å². The molecule has 0 aliphatic carbocycles. The zero-order chi connectivity index (χ0) is 15.7. The number of amides is 1. The highest BCUT2D eigenvalue weighted by Crippen LogP contribution is 2.29. The van der Waals surface area contributed by atoms with Crippen LogP contribution in [0.3, 0.4) is 0 Å². The number of aryl methyl sites for hydroxylation is 2. The number of benzene rings is 2. The second-order valence-electron chi connectivity index (χ2n) is 5.26. The van der Waals surface area contributed by atoms with Gasteiger partial charge in [-0.1, -0.05) is 29.8 Å². The Morgan fingerprint density at radius 1 is 1.14 bits per heavy atom. The van der Waals surface area contributed by atoms with Gasteiger partial charge in [-0.15, -0.1) is 0 Å². The molecule has 0 atom stereocenters. The minimum atomic E-state index is -0.273. The summed E-state index contributed by atoms with van der Waals surface area (Å²) in [5.74, 6) is 0.604. The van der Waals surface area contributed by atoms with Crippen molar-refractivity contribution in [2.45, 2.75) is 13.8 Å². The average molecular weight is 295 g/mol. The molecule has 0 aliphatic heterocycles. The molecule has 0 saturated heterocycles. The van der Waals surface area contributed by atoms with E-state index in [2.05, 4.69) is 5.32 Å². The van der Waals surface area contributed by atoms with Crippen molar-refractivity contribution in [3.8, 4) is 5.75 Å². The third kappa shape index (κ3) is 2.55. The molecule has 0 unspecified atom stereocenters. The lowest BCUT2D eigenvalue weighted by Crippen LogP contribution is -2.11. The van der Waals surface area contributed by atoms with E-state index in [1.807, 2.05) is 44.2 Å². The van der Waals surface area contributed by atoms with Gasteiger partial charge in [-0.05, 0) is 37.6 Å². The zero-order valence-electron chi connectivity index (χ0n) is 12.8. The maximum atomic E-state index is 12.4. The maximum Gasteiger partial charge on any atom is 0.291 e. The Morgan fingerprint density at radius 2 is 1.95 bits per heavy atom. The first-order valence-electron chi connectivity index (χ1n) is 7.03. The van der Waals surface area contributed by atoms with Crippen LogP contribution in [0.2, 0.25) is 0 Å². The highest BCUT2D eigenvalue weighted by Gasteiger charge is 2.15. The highest BCUT2D eigenvalue weighted by molar-refractivity contribution is 6.05. The van der Waals surface area contributed by atoms with E-state index < -0.39 is 0 Å². The van der Waals surface area contributed by atoms with E-state index in [1.54, 1.807) is 19.2 Å². The van der Waals surface area contributed by atoms with Gasteiger partial charge in [0, 0.05) is 11.1 Å². The van der Waals surface area contributed by atoms with Gasteiger partial charge in [0.25, 0.3) is 5.91 Å². The fourth-order valence-electron chi connectivity index (χ4n) is 2.45. The zero-order valence-corrected chi connectivity index (χ0v) is 12.8. The number of carbonyl (C=O) groups excluding carboxylic acids is 1. The number of anilines is 1. The lowest BCUT2D eigenvalue weighted by Gasteiger charge is -2.07. The molecule has 4 heteroatoms. The van der Waals surface area contributed by atoms with Crippen molar-refractivity contribution in [3.63, 3.8) is 0 Å². The number of hydrogen-bond acceptors (Lipinski definition) is 3. The van der Waals surface area contributed by atoms with Gasteiger partial charge in [-0.2, -0.15) is 0 Å². The molecule has 3 aromatic rings. The average Bonchev–Trinajstić information content (AvgIpc) is 2.94. The van der Waals surface area contributed by atoms with Gasteiger partial charge < -0.3 is 14.5 Å². The molecule has 0 bridgehead atoms. The first-order valence-corrected chi connectivity index (χ1v) is 7.03. The predicted octanol–water partition coefficient (Wildman–Crippen LogP) is 4.31. The van der Waals surface area contributed by atoms with Crippen LogP contribution >= 0.6 is 0 Å². The third-order valence-electron chi connectivity index (χ3n) is 3.58. The van der Waals surface area contributed by atoms with Crippen LogP contribution in [0.25, 0.3) is 11.0 Å². The van der Waals surface area contributed by atoms with E-state index in [9.17, 15) is 4.79 Å². The summed E-state index contributed by atoms with van der Waals surface area (Å²) in [6.45, 7) is 3.98. The normalized spacial score (nSPS) is 10.7. The molecule has 112 valence electrons. The number of rotatable bonds is 3. The molecule has 0 radical (unpaired) electrons. The van der Waals surface area contributed by atoms with Gasteiger partial charge in [0.2, 0.25) is 0 Å². The number of nitrogens with one attached hydrogen (secondary N) is 1. The van der Waals surface area contributed by atoms with Gasteiger partial charge in [0.15, 0.2) is 17.1 Å². The van der Waals surface area contributed by atoms with Crippen molar-refractivity contribution in [3.05, 3.63) is 59.4 Å². The molecule has 0 saturated carbocycles. The predicted molar refractivity (Wildman–Crippen MR) is 86.6 cm³/mol. The standard InChI is InChI=1S/C18H17NO3/c1-11-7-8-14(12(2)9-11)19-18(20)16-10-13-5-4-6-15(21-3)17(13)22-16/h4-10H,1-3H3,(H,19,20). The minimum absolute atomic E-state index is 0.263. The quantitative estimate of drug-likeness (QED) is 0.783. The van der Waals surface area contributed by atoms with Gasteiger partial charge in [-0.3, -0.25) is 4.79 Å². The molecule has 1 aromatic heterocycles. The summed E-state index contributed by atoms with van der Waals surface area (Å²) < 4.78 is 10.9. The van der Waals surface area contributed by atoms with E-state index in [0.717, 1.165) is 22.2 Å². The van der Waals surface area contributed by atoms with E-state index in [-0.39, 0.29) is 11.7 Å². The number of fused-ring (bicyclic) bond motifs is 1. The molecule has 3 rings (SSSR count). The molecule has 0 spiro atoms. The molecule has 1 N–H and O–H groups in total. The van der Waals surface area contributed by atoms with Crippen LogP contribution < -0.4 is 10.1 Å². The van der Waals surface area contributed by atoms with Gasteiger partial charge >= 0.3 is 0 Å². The van der Waals surface area contributed by atoms with E-state index in [4.69, 9.17) is 9.15 Å². The SMILES string of the molecule is COc1cccc2cc(C(=O)Nc3ccc(C)cc3C)oc12. The maximum absolute atomic E-state index is 12.4. The molecule has 0 aliphatic rings. The van der Waals surface area contributed by atoms with Crippen molar-refractivity contribution in [2.24, 2.45) is 0 Å². The Hall–Kier alpha value is -2.75. The van der Waals surface area contributed by atoms with Crippen LogP contribution in [0.15, 0.2) is 46.9 Å². The first-order chi connectivity index (χ1) is 10.6. The van der Waals surface area contributed by atoms with E-state index in [1.165, 1.54) is 0 Å². The largest absolute Gasteiger partial charge is 0.493 e. The molecule has 1 heterocycles. The molecule has 1 amide bonds. The third-order valence-corrected chi connectivity index (χ3v) is 3.58. The van der Waals surface area contributed by atoms with Crippen molar-refractivity contribution in [1.82, 2.24) is 0 Å². The smallest absolute Gasteiger partial charge is 0.291 e. The van der Waals surface area contributed by atoms with Crippen molar-refractivity contribution in [2.75, 3.05) is 12.4 Å². The second kappa shape index (κ2) is 5.56. The topological polar surface area (TPSA) is 51.5 Å². The van der Waals surface area contributed by atoms with Crippen LogP contribution in [0, 0.1) is 13.8 Å². The molecule has 22 heavy (non-hydrogen) atoms. The summed E-state index contributed by atoms with van der Waals surface area (Å²) in [6.07, 6.45) is 0. The molecular formula is C18H17NO3. The molecule has 4 nitrogen and oxygen atoms in total. The number of methoxy groups -OCH3 is 1. The van der Waals surface area contributed by atoms with Crippen LogP contribution in [0.1, 0.15) is 21.7 Å². The van der Waals surface area contributed by atoms with E-state index in [0.29, 0.717) is 11.3 Å². The minimum Gasteiger partial charge on any atom is -0.493 e. The van der Waals surface area contributed by atoms with Crippen LogP contribution in [0.5, 0.6) is 5.75 Å². The molecule has 2 aromatic carbocycles. The van der Waals surface area contributed by atoms with Crippen LogP contribution in [0.4, 0.5) is 5.69 Å². The van der Waals surface area contributed by atoms with Crippen molar-refractivity contribution < 1.29 is 13.9 Å². The summed E-state index contributed by atoms with van der Waals surface area (Å²) in [7, 11) is 1.58. The number of hydrogen-bond donors (Lipinski definition) is 1. The van der Waals surface area contributed by atoms with E-state index >= 15 is 0 Å². The number of carbonyl (C=O) groups is 1. The summed E-state index contributed by atoms with van der Waals surface area (Å²) in [5, 5.41) is 3.72. The van der Waals surface area contributed by atoms with Crippen molar-refractivity contribution in [1.29, 1.82) is 0 Å². The van der Waals surface area contributed by atoms with Gasteiger partial charge in [-0.25, -0.2) is 0 Å². The summed E-state index contributed by atoms with van der Waals surface area (Å²) in [4.78, 5) is 12.4. The lowest BCUT2D eigenvalue weighted by molar-refractivity contribution is 0.0998. The fraction of sp³-hybridized carbons (Fsp3) is 0.167. The number of furan rings is 1. The Bertz CT molecular complexity index is 849. The summed E-state index contributed by atoms with van der Waals surface area (Å²) in [5.41, 5.74) is 3.53. The number of ether oxygens (including phenoxy) is 1. The Balaban J connectivity index is 1.92. The van der Waals surface area contributed by atoms with Gasteiger partial charge in [0.1, 0.15) is 0 Å². The Morgan fingerprint density at radius 3 is 2.68 bits per heavy atom. The number of para-hydroxylation sites is 1. The summed E-state index contributed by atoms with van der Waals surface area (Å²) in [6, 6.07) is 13.2. The Labute approximate surface area is 128 Å². The highest BCUT2D eigenvalue weighted by atomic mass is 16.5. The Kier molecular flexibility index (Phi) is 3.59.